The first kappa shape index (κ1) is 7.54. The Kier molecular flexibility index (Phi) is 2.44. The Labute approximate surface area is 64.4 Å². The summed E-state index contributed by atoms with van der Waals surface area (Å²) in [6.07, 6.45) is 2.98. The summed E-state index contributed by atoms with van der Waals surface area (Å²) in [6, 6.07) is 2.05. The molecule has 1 aromatic rings. The molecule has 1 rings (SSSR count). The highest BCUT2D eigenvalue weighted by molar-refractivity contribution is 5.19. The first-order valence-corrected chi connectivity index (χ1v) is 3.35. The van der Waals surface area contributed by atoms with E-state index in [4.69, 9.17) is 11.0 Å². The van der Waals surface area contributed by atoms with Gasteiger partial charge in [-0.25, -0.2) is 0 Å². The lowest BCUT2D eigenvalue weighted by Crippen LogP contribution is -1.97. The maximum Gasteiger partial charge on any atom is 0.165 e. The highest BCUT2D eigenvalue weighted by atomic mass is 15.4. The second kappa shape index (κ2) is 3.56. The van der Waals surface area contributed by atoms with E-state index in [0.717, 1.165) is 6.42 Å². The highest BCUT2D eigenvalue weighted by Crippen LogP contribution is 1.95. The van der Waals surface area contributed by atoms with Crippen molar-refractivity contribution in [2.75, 3.05) is 5.73 Å². The summed E-state index contributed by atoms with van der Waals surface area (Å²) in [7, 11) is 0. The lowest BCUT2D eigenvalue weighted by molar-refractivity contribution is 0.564. The van der Waals surface area contributed by atoms with Crippen LogP contribution in [0.4, 0.5) is 5.82 Å². The van der Waals surface area contributed by atoms with Gasteiger partial charge >= 0.3 is 0 Å². The van der Waals surface area contributed by atoms with E-state index >= 15 is 0 Å². The number of aromatic nitrogens is 3. The van der Waals surface area contributed by atoms with Crippen LogP contribution in [-0.4, -0.2) is 15.0 Å². The van der Waals surface area contributed by atoms with Crippen LogP contribution in [0.1, 0.15) is 12.8 Å². The first-order valence-electron chi connectivity index (χ1n) is 3.35. The van der Waals surface area contributed by atoms with Crippen molar-refractivity contribution in [1.82, 2.24) is 15.0 Å². The lowest BCUT2D eigenvalue weighted by Gasteiger charge is -1.93. The quantitative estimate of drug-likeness (QED) is 0.624. The number of nitrogens with zero attached hydrogens (tertiary/aromatic N) is 4. The predicted molar refractivity (Wildman–Crippen MR) is 39.3 cm³/mol. The van der Waals surface area contributed by atoms with E-state index in [1.54, 1.807) is 10.9 Å². The van der Waals surface area contributed by atoms with Crippen molar-refractivity contribution in [3.63, 3.8) is 0 Å². The van der Waals surface area contributed by atoms with E-state index in [1.807, 2.05) is 0 Å². The molecule has 0 aliphatic carbocycles. The number of nitrogens with two attached hydrogens (primary N) is 1. The zero-order valence-electron chi connectivity index (χ0n) is 6.06. The van der Waals surface area contributed by atoms with Crippen molar-refractivity contribution in [3.05, 3.63) is 6.20 Å². The molecule has 1 heterocycles. The van der Waals surface area contributed by atoms with Gasteiger partial charge < -0.3 is 5.73 Å². The van der Waals surface area contributed by atoms with Crippen LogP contribution in [0.5, 0.6) is 0 Å². The maximum atomic E-state index is 8.23. The first-order chi connectivity index (χ1) is 5.33. The van der Waals surface area contributed by atoms with Gasteiger partial charge in [-0.2, -0.15) is 5.26 Å². The minimum Gasteiger partial charge on any atom is -0.381 e. The van der Waals surface area contributed by atoms with Crippen LogP contribution in [0, 0.1) is 11.3 Å². The fraction of sp³-hybridized carbons (Fsp3) is 0.500. The molecule has 0 saturated carbocycles. The van der Waals surface area contributed by atoms with Crippen LogP contribution in [-0.2, 0) is 6.54 Å². The van der Waals surface area contributed by atoms with E-state index in [2.05, 4.69) is 16.4 Å². The largest absolute Gasteiger partial charge is 0.381 e. The molecule has 0 aromatic carbocycles. The van der Waals surface area contributed by atoms with Gasteiger partial charge in [-0.1, -0.05) is 5.21 Å². The van der Waals surface area contributed by atoms with Crippen molar-refractivity contribution in [2.24, 2.45) is 0 Å². The van der Waals surface area contributed by atoms with Gasteiger partial charge in [0, 0.05) is 13.0 Å². The second-order valence-electron chi connectivity index (χ2n) is 2.17. The molecule has 0 atom stereocenters. The Morgan fingerprint density at radius 1 is 1.73 bits per heavy atom. The Hall–Kier alpha value is -1.57. The van der Waals surface area contributed by atoms with Gasteiger partial charge in [0.1, 0.15) is 0 Å². The molecule has 0 unspecified atom stereocenters. The smallest absolute Gasteiger partial charge is 0.165 e. The SMILES string of the molecule is N#CCCCn1cc(N)nn1. The van der Waals surface area contributed by atoms with Crippen LogP contribution in [0.15, 0.2) is 6.20 Å². The number of hydrogen-bond donors (Lipinski definition) is 1. The third kappa shape index (κ3) is 2.26. The molecule has 5 heteroatoms. The van der Waals surface area contributed by atoms with Gasteiger partial charge in [-0.15, -0.1) is 5.10 Å². The topological polar surface area (TPSA) is 80.5 Å². The Morgan fingerprint density at radius 2 is 2.55 bits per heavy atom. The number of aryl methyl sites for hydroxylation is 1. The predicted octanol–water partition coefficient (Wildman–Crippen LogP) is 0.164. The number of unbranched alkanes of at least 4 members (excludes halogenated alkanes) is 1. The van der Waals surface area contributed by atoms with E-state index in [9.17, 15) is 0 Å². The highest BCUT2D eigenvalue weighted by Gasteiger charge is 1.94. The molecule has 2 N–H and O–H groups in total. The summed E-state index contributed by atoms with van der Waals surface area (Å²) < 4.78 is 1.63. The molecule has 0 aliphatic heterocycles. The maximum absolute atomic E-state index is 8.23. The van der Waals surface area contributed by atoms with Crippen LogP contribution in [0.25, 0.3) is 0 Å². The zero-order chi connectivity index (χ0) is 8.10. The fourth-order valence-electron chi connectivity index (χ4n) is 0.743. The molecule has 0 fully saturated rings. The van der Waals surface area contributed by atoms with Crippen LogP contribution < -0.4 is 5.73 Å². The Morgan fingerprint density at radius 3 is 3.09 bits per heavy atom. The van der Waals surface area contributed by atoms with Crippen molar-refractivity contribution < 1.29 is 0 Å². The van der Waals surface area contributed by atoms with E-state index in [0.29, 0.717) is 18.8 Å². The second-order valence-corrected chi connectivity index (χ2v) is 2.17. The summed E-state index contributed by atoms with van der Waals surface area (Å²) in [5.74, 6) is 0.418. The van der Waals surface area contributed by atoms with Gasteiger partial charge in [0.05, 0.1) is 12.3 Å². The average Bonchev–Trinajstić information content (AvgIpc) is 2.37. The van der Waals surface area contributed by atoms with Crippen molar-refractivity contribution in [1.29, 1.82) is 5.26 Å². The monoisotopic (exact) mass is 151 g/mol. The molecule has 0 amide bonds. The van der Waals surface area contributed by atoms with Crippen molar-refractivity contribution in [3.8, 4) is 6.07 Å². The zero-order valence-corrected chi connectivity index (χ0v) is 6.06. The summed E-state index contributed by atoms with van der Waals surface area (Å²) in [4.78, 5) is 0. The van der Waals surface area contributed by atoms with Gasteiger partial charge in [0.2, 0.25) is 0 Å². The normalized spacial score (nSPS) is 9.36. The van der Waals surface area contributed by atoms with Crippen molar-refractivity contribution >= 4 is 5.82 Å². The van der Waals surface area contributed by atoms with Crippen LogP contribution >= 0.6 is 0 Å². The molecule has 58 valence electrons. The number of rotatable bonds is 3. The standard InChI is InChI=1S/C6H9N5/c7-3-1-2-4-11-5-6(8)9-10-11/h5H,1-2,4,8H2. The van der Waals surface area contributed by atoms with Gasteiger partial charge in [0.15, 0.2) is 5.82 Å². The summed E-state index contributed by atoms with van der Waals surface area (Å²) >= 11 is 0. The molecule has 0 saturated heterocycles. The summed E-state index contributed by atoms with van der Waals surface area (Å²) in [5, 5.41) is 15.6. The van der Waals surface area contributed by atoms with Crippen LogP contribution in [0.3, 0.4) is 0 Å². The fourth-order valence-corrected chi connectivity index (χ4v) is 0.743. The molecular weight excluding hydrogens is 142 g/mol. The molecular formula is C6H9N5. The molecule has 1 aromatic heterocycles. The molecule has 0 aliphatic rings. The molecule has 0 spiro atoms. The third-order valence-corrected chi connectivity index (χ3v) is 1.23. The van der Waals surface area contributed by atoms with E-state index in [1.165, 1.54) is 0 Å². The van der Waals surface area contributed by atoms with E-state index in [-0.39, 0.29) is 0 Å². The van der Waals surface area contributed by atoms with Gasteiger partial charge in [0.25, 0.3) is 0 Å². The Balaban J connectivity index is 2.34. The number of hydrogen-bond acceptors (Lipinski definition) is 4. The molecule has 5 nitrogen and oxygen atoms in total. The molecule has 0 radical (unpaired) electrons. The average molecular weight is 151 g/mol. The molecule has 0 bridgehead atoms. The number of nitrogen functional groups attached to an aromatic ring is 1. The van der Waals surface area contributed by atoms with E-state index < -0.39 is 0 Å². The van der Waals surface area contributed by atoms with Gasteiger partial charge in [-0.05, 0) is 6.42 Å². The van der Waals surface area contributed by atoms with Crippen LogP contribution in [0.2, 0.25) is 0 Å². The third-order valence-electron chi connectivity index (χ3n) is 1.23. The number of nitriles is 1. The summed E-state index contributed by atoms with van der Waals surface area (Å²) in [6.45, 7) is 0.706. The Bertz CT molecular complexity index is 258. The van der Waals surface area contributed by atoms with Gasteiger partial charge in [-0.3, -0.25) is 4.68 Å². The number of anilines is 1. The lowest BCUT2D eigenvalue weighted by atomic mass is 10.3. The minimum atomic E-state index is 0.418. The molecule has 11 heavy (non-hydrogen) atoms. The minimum absolute atomic E-state index is 0.418. The van der Waals surface area contributed by atoms with Crippen molar-refractivity contribution in [2.45, 2.75) is 19.4 Å². The summed E-state index contributed by atoms with van der Waals surface area (Å²) in [5.41, 5.74) is 5.32.